The van der Waals surface area contributed by atoms with Crippen LogP contribution in [-0.2, 0) is 4.79 Å². The van der Waals surface area contributed by atoms with Crippen molar-refractivity contribution in [1.82, 2.24) is 10.6 Å². The molecule has 2 aliphatic heterocycles. The minimum Gasteiger partial charge on any atom is -0.369 e. The van der Waals surface area contributed by atoms with Gasteiger partial charge in [0.15, 0.2) is 5.84 Å². The monoisotopic (exact) mass is 195 g/mol. The molecule has 0 aliphatic carbocycles. The number of fused-ring (bicyclic) bond motifs is 1. The number of hydrogen-bond acceptors (Lipinski definition) is 5. The van der Waals surface area contributed by atoms with Gasteiger partial charge in [0, 0.05) is 6.04 Å². The molecule has 6 heteroatoms. The number of guanidine groups is 1. The molecule has 1 amide bonds. The topological polar surface area (TPSA) is 91.9 Å². The Morgan fingerprint density at radius 2 is 2.14 bits per heavy atom. The van der Waals surface area contributed by atoms with E-state index < -0.39 is 6.04 Å². The highest BCUT2D eigenvalue weighted by Gasteiger charge is 2.35. The molecule has 0 aromatic carbocycles. The second-order valence-electron chi connectivity index (χ2n) is 3.60. The van der Waals surface area contributed by atoms with Gasteiger partial charge in [0.25, 0.3) is 5.91 Å². The number of carbonyl (C=O) groups is 1. The van der Waals surface area contributed by atoms with Gasteiger partial charge >= 0.3 is 0 Å². The summed E-state index contributed by atoms with van der Waals surface area (Å²) in [6.07, 6.45) is 0. The summed E-state index contributed by atoms with van der Waals surface area (Å²) < 4.78 is 0. The highest BCUT2D eigenvalue weighted by molar-refractivity contribution is 6.19. The lowest BCUT2D eigenvalue weighted by molar-refractivity contribution is -0.120. The van der Waals surface area contributed by atoms with Crippen LogP contribution >= 0.6 is 0 Å². The Morgan fingerprint density at radius 3 is 2.86 bits per heavy atom. The summed E-state index contributed by atoms with van der Waals surface area (Å²) in [7, 11) is 0. The zero-order chi connectivity index (χ0) is 10.3. The summed E-state index contributed by atoms with van der Waals surface area (Å²) in [6, 6.07) is -0.166. The molecule has 2 aliphatic rings. The molecule has 0 saturated heterocycles. The van der Waals surface area contributed by atoms with Crippen molar-refractivity contribution in [2.75, 3.05) is 0 Å². The van der Waals surface area contributed by atoms with E-state index in [9.17, 15) is 4.79 Å². The summed E-state index contributed by atoms with van der Waals surface area (Å²) in [5.41, 5.74) is 5.42. The van der Waals surface area contributed by atoms with Crippen molar-refractivity contribution in [1.29, 1.82) is 0 Å². The number of hydrogen-bond donors (Lipinski definition) is 3. The van der Waals surface area contributed by atoms with Crippen molar-refractivity contribution >= 4 is 17.7 Å². The Balaban J connectivity index is 2.36. The number of amidine groups is 1. The molecule has 0 fully saturated rings. The minimum atomic E-state index is -0.450. The molecule has 0 spiro atoms. The Kier molecular flexibility index (Phi) is 1.99. The molecule has 14 heavy (non-hydrogen) atoms. The van der Waals surface area contributed by atoms with Crippen LogP contribution in [-0.4, -0.2) is 35.8 Å². The predicted molar refractivity (Wildman–Crippen MR) is 53.0 cm³/mol. The van der Waals surface area contributed by atoms with Gasteiger partial charge in [0.2, 0.25) is 5.96 Å². The summed E-state index contributed by atoms with van der Waals surface area (Å²) in [5.74, 6) is 0.417. The Labute approximate surface area is 81.7 Å². The lowest BCUT2D eigenvalue weighted by Gasteiger charge is -2.32. The van der Waals surface area contributed by atoms with E-state index in [1.807, 2.05) is 13.8 Å². The van der Waals surface area contributed by atoms with Crippen LogP contribution < -0.4 is 16.4 Å². The van der Waals surface area contributed by atoms with Gasteiger partial charge < -0.3 is 5.73 Å². The molecule has 0 radical (unpaired) electrons. The van der Waals surface area contributed by atoms with Crippen LogP contribution in [0.5, 0.6) is 0 Å². The van der Waals surface area contributed by atoms with Gasteiger partial charge in [0.05, 0.1) is 6.04 Å². The first-order valence-electron chi connectivity index (χ1n) is 4.56. The zero-order valence-electron chi connectivity index (χ0n) is 8.11. The van der Waals surface area contributed by atoms with Crippen LogP contribution in [0.4, 0.5) is 0 Å². The number of nitrogens with zero attached hydrogens (tertiary/aromatic N) is 2. The van der Waals surface area contributed by atoms with E-state index in [0.717, 1.165) is 0 Å². The molecular weight excluding hydrogens is 182 g/mol. The van der Waals surface area contributed by atoms with E-state index in [1.54, 1.807) is 0 Å². The summed E-state index contributed by atoms with van der Waals surface area (Å²) >= 11 is 0. The molecule has 0 unspecified atom stereocenters. The van der Waals surface area contributed by atoms with Crippen molar-refractivity contribution in [2.24, 2.45) is 15.7 Å². The number of carbonyl (C=O) groups excluding carboxylic acids is 1. The Bertz CT molecular complexity index is 335. The highest BCUT2D eigenvalue weighted by atomic mass is 16.2. The summed E-state index contributed by atoms with van der Waals surface area (Å²) in [5, 5.41) is 5.59. The van der Waals surface area contributed by atoms with Crippen molar-refractivity contribution in [3.63, 3.8) is 0 Å². The highest BCUT2D eigenvalue weighted by Crippen LogP contribution is 2.11. The van der Waals surface area contributed by atoms with Crippen molar-refractivity contribution in [3.8, 4) is 0 Å². The standard InChI is InChI=1S/C8H13N5O/c1-3-4(2)11-6-5(10-3)7(14)13-8(9)12-6/h3-5,10H,1-2H3,(H3,9,11,12,13,14)/t3-,4+,5+/m0/s1. The largest absolute Gasteiger partial charge is 0.369 e. The van der Waals surface area contributed by atoms with Crippen LogP contribution in [0.25, 0.3) is 0 Å². The third-order valence-corrected chi connectivity index (χ3v) is 2.50. The van der Waals surface area contributed by atoms with Gasteiger partial charge in [-0.1, -0.05) is 0 Å². The molecule has 76 valence electrons. The Morgan fingerprint density at radius 1 is 1.43 bits per heavy atom. The first-order chi connectivity index (χ1) is 6.58. The second-order valence-corrected chi connectivity index (χ2v) is 3.60. The van der Waals surface area contributed by atoms with E-state index in [1.165, 1.54) is 0 Å². The average Bonchev–Trinajstić information content (AvgIpc) is 2.08. The average molecular weight is 195 g/mol. The van der Waals surface area contributed by atoms with Crippen LogP contribution in [0, 0.1) is 0 Å². The van der Waals surface area contributed by atoms with E-state index >= 15 is 0 Å². The van der Waals surface area contributed by atoms with E-state index in [0.29, 0.717) is 5.84 Å². The molecule has 3 atom stereocenters. The van der Waals surface area contributed by atoms with Crippen LogP contribution in [0.15, 0.2) is 9.98 Å². The summed E-state index contributed by atoms with van der Waals surface area (Å²) in [4.78, 5) is 19.8. The van der Waals surface area contributed by atoms with Gasteiger partial charge in [-0.3, -0.25) is 20.4 Å². The van der Waals surface area contributed by atoms with E-state index in [-0.39, 0.29) is 24.0 Å². The molecule has 0 aromatic heterocycles. The first kappa shape index (κ1) is 9.14. The number of nitrogens with two attached hydrogens (primary N) is 1. The van der Waals surface area contributed by atoms with Crippen molar-refractivity contribution in [2.45, 2.75) is 32.0 Å². The zero-order valence-corrected chi connectivity index (χ0v) is 8.11. The van der Waals surface area contributed by atoms with Crippen LogP contribution in [0.3, 0.4) is 0 Å². The smallest absolute Gasteiger partial charge is 0.251 e. The van der Waals surface area contributed by atoms with Crippen LogP contribution in [0.1, 0.15) is 13.8 Å². The molecule has 0 bridgehead atoms. The predicted octanol–water partition coefficient (Wildman–Crippen LogP) is -1.42. The van der Waals surface area contributed by atoms with Gasteiger partial charge in [-0.15, -0.1) is 0 Å². The molecule has 2 rings (SSSR count). The van der Waals surface area contributed by atoms with Gasteiger partial charge in [-0.2, -0.15) is 4.99 Å². The SMILES string of the molecule is C[C@@H]1N[C@H]2C(=O)NC(N)=NC2=N[C@@H]1C. The molecule has 2 heterocycles. The molecule has 4 N–H and O–H groups in total. The first-order valence-corrected chi connectivity index (χ1v) is 4.56. The maximum Gasteiger partial charge on any atom is 0.251 e. The molecular formula is C8H13N5O. The minimum absolute atomic E-state index is 0.115. The fraction of sp³-hybridized carbons (Fsp3) is 0.625. The third kappa shape index (κ3) is 1.37. The summed E-state index contributed by atoms with van der Waals surface area (Å²) in [6.45, 7) is 3.96. The van der Waals surface area contributed by atoms with Gasteiger partial charge in [-0.25, -0.2) is 0 Å². The Hall–Kier alpha value is -1.43. The van der Waals surface area contributed by atoms with E-state index in [2.05, 4.69) is 20.6 Å². The molecule has 0 saturated carbocycles. The lowest BCUT2D eigenvalue weighted by Crippen LogP contribution is -2.61. The third-order valence-electron chi connectivity index (χ3n) is 2.50. The maximum atomic E-state index is 11.5. The fourth-order valence-corrected chi connectivity index (χ4v) is 1.51. The van der Waals surface area contributed by atoms with Crippen molar-refractivity contribution < 1.29 is 4.79 Å². The lowest BCUT2D eigenvalue weighted by atomic mass is 10.1. The number of nitrogens with one attached hydrogen (secondary N) is 2. The van der Waals surface area contributed by atoms with E-state index in [4.69, 9.17) is 5.73 Å². The quantitative estimate of drug-likeness (QED) is 0.443. The molecule has 6 nitrogen and oxygen atoms in total. The normalized spacial score (nSPS) is 36.7. The number of aliphatic imine (C=N–C) groups is 2. The van der Waals surface area contributed by atoms with Gasteiger partial charge in [0.1, 0.15) is 6.04 Å². The second kappa shape index (κ2) is 3.06. The fourth-order valence-electron chi connectivity index (χ4n) is 1.51. The molecule has 0 aromatic rings. The maximum absolute atomic E-state index is 11.5. The number of rotatable bonds is 0. The van der Waals surface area contributed by atoms with Gasteiger partial charge in [-0.05, 0) is 13.8 Å². The number of amides is 1. The van der Waals surface area contributed by atoms with Crippen molar-refractivity contribution in [3.05, 3.63) is 0 Å². The van der Waals surface area contributed by atoms with Crippen LogP contribution in [0.2, 0.25) is 0 Å².